The summed E-state index contributed by atoms with van der Waals surface area (Å²) in [5, 5.41) is 3.95. The maximum atomic E-state index is 13.5. The highest BCUT2D eigenvalue weighted by molar-refractivity contribution is 5.92. The van der Waals surface area contributed by atoms with E-state index in [1.165, 1.54) is 0 Å². The van der Waals surface area contributed by atoms with Crippen LogP contribution in [-0.4, -0.2) is 65.2 Å². The molecule has 41 heavy (non-hydrogen) atoms. The van der Waals surface area contributed by atoms with Crippen molar-refractivity contribution in [3.63, 3.8) is 0 Å². The van der Waals surface area contributed by atoms with Crippen LogP contribution in [0.4, 0.5) is 0 Å². The van der Waals surface area contributed by atoms with Crippen LogP contribution in [0.15, 0.2) is 30.9 Å². The molecular weight excluding hydrogens is 520 g/mol. The number of hydrogen-bond acceptors (Lipinski definition) is 7. The second kappa shape index (κ2) is 13.6. The SMILES string of the molecule is C=CC1C[C@@]1(C)NC(=O)[C@@H]1C[C@@H](Oc2cc(OC(C)C)nc3c(C)c(OC)ccc23)CN1C(=O)[C@@H](N)CCC.CC.[HH].[HH]. The molecule has 2 fully saturated rings. The quantitative estimate of drug-likeness (QED) is 0.346. The molecule has 4 rings (SSSR count). The molecule has 9 heteroatoms. The molecule has 9 nitrogen and oxygen atoms in total. The number of aryl methyl sites for hydroxylation is 1. The molecule has 2 aromatic rings. The number of carbonyl (C=O) groups is 2. The Bertz CT molecular complexity index is 1260. The van der Waals surface area contributed by atoms with Gasteiger partial charge in [-0.2, -0.15) is 0 Å². The average Bonchev–Trinajstić information content (AvgIpc) is 3.39. The number of carbonyl (C=O) groups excluding carboxylic acids is 2. The number of benzene rings is 1. The minimum atomic E-state index is -0.672. The van der Waals surface area contributed by atoms with Gasteiger partial charge in [-0.1, -0.05) is 33.3 Å². The molecule has 3 N–H and O–H groups in total. The van der Waals surface area contributed by atoms with Crippen LogP contribution in [0.25, 0.3) is 10.9 Å². The maximum Gasteiger partial charge on any atom is 0.243 e. The lowest BCUT2D eigenvalue weighted by Crippen LogP contribution is -2.53. The van der Waals surface area contributed by atoms with E-state index in [9.17, 15) is 9.59 Å². The third kappa shape index (κ3) is 7.12. The number of ether oxygens (including phenoxy) is 3. The van der Waals surface area contributed by atoms with Gasteiger partial charge in [-0.3, -0.25) is 9.59 Å². The van der Waals surface area contributed by atoms with Crippen molar-refractivity contribution in [2.24, 2.45) is 11.7 Å². The van der Waals surface area contributed by atoms with Gasteiger partial charge in [0.15, 0.2) is 0 Å². The molecule has 1 aromatic heterocycles. The number of nitrogens with zero attached hydrogens (tertiary/aromatic N) is 2. The van der Waals surface area contributed by atoms with Gasteiger partial charge in [-0.05, 0) is 52.7 Å². The van der Waals surface area contributed by atoms with E-state index in [1.807, 2.05) is 66.7 Å². The summed E-state index contributed by atoms with van der Waals surface area (Å²) >= 11 is 0. The highest BCUT2D eigenvalue weighted by Crippen LogP contribution is 2.44. The van der Waals surface area contributed by atoms with Gasteiger partial charge >= 0.3 is 0 Å². The van der Waals surface area contributed by atoms with E-state index in [4.69, 9.17) is 24.9 Å². The Hall–Kier alpha value is -3.33. The first-order valence-corrected chi connectivity index (χ1v) is 14.8. The number of hydrogen-bond donors (Lipinski definition) is 2. The summed E-state index contributed by atoms with van der Waals surface area (Å²) in [6.07, 6.45) is 3.89. The zero-order valence-electron chi connectivity index (χ0n) is 26.0. The highest BCUT2D eigenvalue weighted by Gasteiger charge is 2.51. The Kier molecular flexibility index (Phi) is 10.6. The maximum absolute atomic E-state index is 13.5. The van der Waals surface area contributed by atoms with Crippen LogP contribution < -0.4 is 25.3 Å². The highest BCUT2D eigenvalue weighted by atomic mass is 16.5. The number of likely N-dealkylation sites (tertiary alicyclic amines) is 1. The van der Waals surface area contributed by atoms with Gasteiger partial charge in [0.25, 0.3) is 0 Å². The van der Waals surface area contributed by atoms with Crippen LogP contribution in [0.1, 0.15) is 75.6 Å². The van der Waals surface area contributed by atoms with Gasteiger partial charge in [0.1, 0.15) is 23.6 Å². The summed E-state index contributed by atoms with van der Waals surface area (Å²) in [6, 6.07) is 4.23. The summed E-state index contributed by atoms with van der Waals surface area (Å²) < 4.78 is 18.0. The normalized spacial score (nSPS) is 23.9. The van der Waals surface area contributed by atoms with Crippen LogP contribution in [0.2, 0.25) is 0 Å². The molecule has 1 aliphatic carbocycles. The van der Waals surface area contributed by atoms with Gasteiger partial charge in [-0.25, -0.2) is 4.98 Å². The fourth-order valence-electron chi connectivity index (χ4n) is 5.43. The van der Waals surface area contributed by atoms with Crippen LogP contribution in [0.5, 0.6) is 17.4 Å². The Labute approximate surface area is 247 Å². The van der Waals surface area contributed by atoms with Crippen molar-refractivity contribution >= 4 is 22.7 Å². The van der Waals surface area contributed by atoms with Crippen molar-refractivity contribution < 1.29 is 26.7 Å². The summed E-state index contributed by atoms with van der Waals surface area (Å²) in [5.74, 6) is 1.55. The number of nitrogens with one attached hydrogen (secondary N) is 1. The fraction of sp³-hybridized carbons (Fsp3) is 0.594. The number of pyridine rings is 1. The van der Waals surface area contributed by atoms with Gasteiger partial charge in [-0.15, -0.1) is 6.58 Å². The minimum absolute atomic E-state index is 0. The van der Waals surface area contributed by atoms with E-state index in [0.29, 0.717) is 35.7 Å². The van der Waals surface area contributed by atoms with Crippen LogP contribution in [0.3, 0.4) is 0 Å². The molecule has 1 aliphatic heterocycles. The summed E-state index contributed by atoms with van der Waals surface area (Å²) in [5.41, 5.74) is 7.47. The average molecular weight is 573 g/mol. The van der Waals surface area contributed by atoms with Gasteiger partial charge in [0.2, 0.25) is 17.7 Å². The van der Waals surface area contributed by atoms with Crippen molar-refractivity contribution in [2.45, 2.75) is 104 Å². The fourth-order valence-corrected chi connectivity index (χ4v) is 5.43. The Morgan fingerprint density at radius 2 is 2.02 bits per heavy atom. The lowest BCUT2D eigenvalue weighted by molar-refractivity contribution is -0.140. The van der Waals surface area contributed by atoms with E-state index >= 15 is 0 Å². The molecule has 0 bridgehead atoms. The number of aromatic nitrogens is 1. The molecule has 1 saturated carbocycles. The van der Waals surface area contributed by atoms with E-state index in [0.717, 1.165) is 23.8 Å². The standard InChI is InChI=1S/C30H42N4O5.C2H6.2H2/c1-8-10-22(31)29(36)34-16-20(13-23(34)28(35)33-30(6)15-19(30)9-2)39-25-14-26(38-17(3)4)32-27-18(5)24(37-7)12-11-21(25)27;1-2;;/h9,11-12,14,17,19-20,22-23H,2,8,10,13,15-16,31H2,1,3-7H3,(H,33,35);1-2H3;2*1H/t19?,20-,22+,23+,30-;;;/m1.../s1. The monoisotopic (exact) mass is 572 g/mol. The number of nitrogens with two attached hydrogens (primary N) is 1. The molecular formula is C32H52N4O5. The van der Waals surface area contributed by atoms with Crippen molar-refractivity contribution in [2.75, 3.05) is 13.7 Å². The molecule has 1 unspecified atom stereocenters. The second-order valence-electron chi connectivity index (χ2n) is 11.2. The van der Waals surface area contributed by atoms with Crippen molar-refractivity contribution in [3.8, 4) is 17.4 Å². The van der Waals surface area contributed by atoms with Crippen LogP contribution >= 0.6 is 0 Å². The zero-order valence-corrected chi connectivity index (χ0v) is 26.0. The third-order valence-electron chi connectivity index (χ3n) is 7.75. The van der Waals surface area contributed by atoms with E-state index < -0.39 is 18.2 Å². The first-order valence-electron chi connectivity index (χ1n) is 14.8. The van der Waals surface area contributed by atoms with Crippen molar-refractivity contribution in [1.82, 2.24) is 15.2 Å². The molecule has 1 aromatic carbocycles. The molecule has 1 saturated heterocycles. The first kappa shape index (κ1) is 32.2. The Morgan fingerprint density at radius 1 is 1.32 bits per heavy atom. The second-order valence-corrected chi connectivity index (χ2v) is 11.2. The summed E-state index contributed by atoms with van der Waals surface area (Å²) in [6.45, 7) is 17.9. The minimum Gasteiger partial charge on any atom is -0.496 e. The third-order valence-corrected chi connectivity index (χ3v) is 7.75. The molecule has 0 radical (unpaired) electrons. The van der Waals surface area contributed by atoms with Crippen LogP contribution in [-0.2, 0) is 9.59 Å². The Balaban J connectivity index is 0.00000226. The van der Waals surface area contributed by atoms with Gasteiger partial charge in [0, 0.05) is 37.7 Å². The summed E-state index contributed by atoms with van der Waals surface area (Å²) in [7, 11) is 1.62. The largest absolute Gasteiger partial charge is 0.496 e. The molecule has 2 amide bonds. The smallest absolute Gasteiger partial charge is 0.243 e. The molecule has 2 heterocycles. The van der Waals surface area contributed by atoms with Crippen molar-refractivity contribution in [3.05, 3.63) is 36.4 Å². The predicted molar refractivity (Wildman–Crippen MR) is 167 cm³/mol. The molecule has 2 aliphatic rings. The van der Waals surface area contributed by atoms with Gasteiger partial charge in [0.05, 0.1) is 31.3 Å². The number of fused-ring (bicyclic) bond motifs is 1. The zero-order chi connectivity index (χ0) is 30.5. The van der Waals surface area contributed by atoms with Gasteiger partial charge < -0.3 is 30.2 Å². The first-order chi connectivity index (χ1) is 19.5. The Morgan fingerprint density at radius 3 is 2.61 bits per heavy atom. The number of rotatable bonds is 11. The van der Waals surface area contributed by atoms with Crippen LogP contribution in [0, 0.1) is 12.8 Å². The lowest BCUT2D eigenvalue weighted by atomic mass is 10.1. The predicted octanol–water partition coefficient (Wildman–Crippen LogP) is 5.41. The molecule has 5 atom stereocenters. The summed E-state index contributed by atoms with van der Waals surface area (Å²) in [4.78, 5) is 33.1. The number of methoxy groups -OCH3 is 1. The van der Waals surface area contributed by atoms with E-state index in [1.54, 1.807) is 18.1 Å². The number of amides is 2. The molecule has 0 spiro atoms. The van der Waals surface area contributed by atoms with E-state index in [2.05, 4.69) is 11.9 Å². The van der Waals surface area contributed by atoms with E-state index in [-0.39, 0.29) is 38.8 Å². The van der Waals surface area contributed by atoms with Crippen molar-refractivity contribution in [1.29, 1.82) is 0 Å². The lowest BCUT2D eigenvalue weighted by Gasteiger charge is -2.27. The topological polar surface area (TPSA) is 116 Å². The molecule has 230 valence electrons.